The zero-order chi connectivity index (χ0) is 15.2. The number of nitrogens with zero attached hydrogens (tertiary/aromatic N) is 1. The van der Waals surface area contributed by atoms with E-state index < -0.39 is 0 Å². The van der Waals surface area contributed by atoms with Gasteiger partial charge in [0.15, 0.2) is 5.11 Å². The number of carbonyl (C=O) groups excluding carboxylic acids is 1. The molecule has 0 unspecified atom stereocenters. The molecule has 0 aromatic heterocycles. The summed E-state index contributed by atoms with van der Waals surface area (Å²) in [6.45, 7) is 4.07. The number of anilines is 1. The smallest absolute Gasteiger partial charge is 0.257 e. The van der Waals surface area contributed by atoms with Crippen molar-refractivity contribution in [3.63, 3.8) is 0 Å². The van der Waals surface area contributed by atoms with Crippen LogP contribution >= 0.6 is 12.2 Å². The lowest BCUT2D eigenvalue weighted by Gasteiger charge is -2.29. The van der Waals surface area contributed by atoms with Gasteiger partial charge in [-0.25, -0.2) is 0 Å². The van der Waals surface area contributed by atoms with E-state index in [0.29, 0.717) is 10.7 Å². The Balaban J connectivity index is 2.15. The van der Waals surface area contributed by atoms with Gasteiger partial charge >= 0.3 is 0 Å². The first-order valence-corrected chi connectivity index (χ1v) is 7.25. The van der Waals surface area contributed by atoms with Crippen LogP contribution in [0.4, 0.5) is 5.69 Å². The molecule has 0 bridgehead atoms. The normalized spacial score (nSPS) is 10.2. The van der Waals surface area contributed by atoms with E-state index in [0.717, 1.165) is 5.69 Å². The van der Waals surface area contributed by atoms with Crippen molar-refractivity contribution in [2.75, 3.05) is 4.90 Å². The molecule has 2 aromatic rings. The Morgan fingerprint density at radius 2 is 1.52 bits per heavy atom. The lowest BCUT2D eigenvalue weighted by molar-refractivity contribution is 0.0977. The number of amides is 1. The summed E-state index contributed by atoms with van der Waals surface area (Å²) >= 11 is 5.40. The van der Waals surface area contributed by atoms with E-state index in [1.165, 1.54) is 0 Å². The van der Waals surface area contributed by atoms with Gasteiger partial charge in [-0.1, -0.05) is 36.4 Å². The molecule has 1 amide bonds. The second kappa shape index (κ2) is 6.99. The van der Waals surface area contributed by atoms with Crippen LogP contribution in [0.3, 0.4) is 0 Å². The molecule has 0 atom stereocenters. The van der Waals surface area contributed by atoms with Crippen molar-refractivity contribution in [2.24, 2.45) is 0 Å². The van der Waals surface area contributed by atoms with E-state index in [-0.39, 0.29) is 11.9 Å². The molecule has 0 aliphatic heterocycles. The monoisotopic (exact) mass is 298 g/mol. The van der Waals surface area contributed by atoms with Crippen LogP contribution in [0.25, 0.3) is 0 Å². The van der Waals surface area contributed by atoms with E-state index in [1.807, 2.05) is 67.3 Å². The Morgan fingerprint density at radius 3 is 2.05 bits per heavy atom. The van der Waals surface area contributed by atoms with Crippen LogP contribution in [0, 0.1) is 0 Å². The fourth-order valence-corrected chi connectivity index (χ4v) is 2.47. The molecule has 21 heavy (non-hydrogen) atoms. The Kier molecular flexibility index (Phi) is 5.06. The first-order chi connectivity index (χ1) is 10.1. The maximum absolute atomic E-state index is 12.2. The number of thiocarbonyl (C=S) groups is 1. The SMILES string of the molecule is CC(C)N(C(=S)NC(=O)c1ccccc1)c1ccccc1. The Labute approximate surface area is 130 Å². The van der Waals surface area contributed by atoms with Crippen molar-refractivity contribution in [3.8, 4) is 0 Å². The van der Waals surface area contributed by atoms with E-state index in [9.17, 15) is 4.79 Å². The molecule has 0 fully saturated rings. The maximum atomic E-state index is 12.2. The summed E-state index contributed by atoms with van der Waals surface area (Å²) in [5.41, 5.74) is 1.56. The number of benzene rings is 2. The van der Waals surface area contributed by atoms with Crippen molar-refractivity contribution in [3.05, 3.63) is 66.2 Å². The lowest BCUT2D eigenvalue weighted by Crippen LogP contribution is -2.46. The lowest BCUT2D eigenvalue weighted by atomic mass is 10.2. The summed E-state index contributed by atoms with van der Waals surface area (Å²) in [6.07, 6.45) is 0. The van der Waals surface area contributed by atoms with Gasteiger partial charge in [0.2, 0.25) is 0 Å². The number of carbonyl (C=O) groups is 1. The summed E-state index contributed by atoms with van der Waals surface area (Å²) < 4.78 is 0. The van der Waals surface area contributed by atoms with Gasteiger partial charge in [0.05, 0.1) is 0 Å². The number of nitrogens with one attached hydrogen (secondary N) is 1. The topological polar surface area (TPSA) is 32.3 Å². The molecule has 0 aliphatic rings. The molecule has 0 saturated heterocycles. The van der Waals surface area contributed by atoms with Gasteiger partial charge in [0.25, 0.3) is 5.91 Å². The van der Waals surface area contributed by atoms with E-state index in [2.05, 4.69) is 5.32 Å². The van der Waals surface area contributed by atoms with Gasteiger partial charge in [0, 0.05) is 17.3 Å². The van der Waals surface area contributed by atoms with E-state index in [4.69, 9.17) is 12.2 Å². The van der Waals surface area contributed by atoms with Crippen LogP contribution in [-0.4, -0.2) is 17.1 Å². The minimum absolute atomic E-state index is 0.149. The van der Waals surface area contributed by atoms with Crippen LogP contribution in [0.15, 0.2) is 60.7 Å². The summed E-state index contributed by atoms with van der Waals surface area (Å²) in [5.74, 6) is -0.192. The van der Waals surface area contributed by atoms with Crippen LogP contribution in [0.5, 0.6) is 0 Å². The highest BCUT2D eigenvalue weighted by atomic mass is 32.1. The molecular formula is C17H18N2OS. The molecule has 2 aromatic carbocycles. The van der Waals surface area contributed by atoms with Gasteiger partial charge in [-0.05, 0) is 50.3 Å². The second-order valence-corrected chi connectivity index (χ2v) is 5.31. The quantitative estimate of drug-likeness (QED) is 0.879. The zero-order valence-electron chi connectivity index (χ0n) is 12.1. The zero-order valence-corrected chi connectivity index (χ0v) is 12.9. The Hall–Kier alpha value is -2.20. The number of rotatable bonds is 3. The van der Waals surface area contributed by atoms with Crippen LogP contribution < -0.4 is 10.2 Å². The molecule has 3 nitrogen and oxygen atoms in total. The molecule has 2 rings (SSSR count). The highest BCUT2D eigenvalue weighted by Gasteiger charge is 2.18. The maximum Gasteiger partial charge on any atom is 0.257 e. The number of hydrogen-bond acceptors (Lipinski definition) is 2. The second-order valence-electron chi connectivity index (χ2n) is 4.92. The summed E-state index contributed by atoms with van der Waals surface area (Å²) in [5, 5.41) is 3.20. The molecule has 0 spiro atoms. The predicted octanol–water partition coefficient (Wildman–Crippen LogP) is 3.62. The molecule has 1 N–H and O–H groups in total. The van der Waals surface area contributed by atoms with Crippen LogP contribution in [-0.2, 0) is 0 Å². The van der Waals surface area contributed by atoms with Crippen molar-refractivity contribution >= 4 is 28.9 Å². The number of para-hydroxylation sites is 1. The molecule has 0 aliphatic carbocycles. The predicted molar refractivity (Wildman–Crippen MR) is 90.6 cm³/mol. The van der Waals surface area contributed by atoms with Gasteiger partial charge in [-0.2, -0.15) is 0 Å². The standard InChI is InChI=1S/C17H18N2OS/c1-13(2)19(15-11-7-4-8-12-15)17(21)18-16(20)14-9-5-3-6-10-14/h3-13H,1-2H3,(H,18,20,21). The van der Waals surface area contributed by atoms with Crippen LogP contribution in [0.2, 0.25) is 0 Å². The van der Waals surface area contributed by atoms with Gasteiger partial charge in [-0.15, -0.1) is 0 Å². The first kappa shape index (κ1) is 15.2. The molecule has 108 valence electrons. The third-order valence-electron chi connectivity index (χ3n) is 3.03. The minimum Gasteiger partial charge on any atom is -0.316 e. The van der Waals surface area contributed by atoms with Gasteiger partial charge in [-0.3, -0.25) is 10.1 Å². The number of hydrogen-bond donors (Lipinski definition) is 1. The Bertz CT molecular complexity index is 611. The molecular weight excluding hydrogens is 280 g/mol. The fourth-order valence-electron chi connectivity index (χ4n) is 2.06. The summed E-state index contributed by atoms with van der Waals surface area (Å²) in [4.78, 5) is 14.1. The van der Waals surface area contributed by atoms with Crippen molar-refractivity contribution < 1.29 is 4.79 Å². The minimum atomic E-state index is -0.192. The third-order valence-corrected chi connectivity index (χ3v) is 3.32. The van der Waals surface area contributed by atoms with Crippen molar-refractivity contribution in [1.82, 2.24) is 5.32 Å². The third kappa shape index (κ3) is 3.89. The van der Waals surface area contributed by atoms with Crippen molar-refractivity contribution in [1.29, 1.82) is 0 Å². The Morgan fingerprint density at radius 1 is 1.00 bits per heavy atom. The highest BCUT2D eigenvalue weighted by molar-refractivity contribution is 7.80. The summed E-state index contributed by atoms with van der Waals surface area (Å²) in [6, 6.07) is 19.0. The van der Waals surface area contributed by atoms with E-state index in [1.54, 1.807) is 12.1 Å². The average molecular weight is 298 g/mol. The average Bonchev–Trinajstić information content (AvgIpc) is 2.49. The van der Waals surface area contributed by atoms with Gasteiger partial charge < -0.3 is 4.90 Å². The van der Waals surface area contributed by atoms with E-state index >= 15 is 0 Å². The van der Waals surface area contributed by atoms with Crippen molar-refractivity contribution in [2.45, 2.75) is 19.9 Å². The molecule has 0 radical (unpaired) electrons. The molecule has 4 heteroatoms. The molecule has 0 saturated carbocycles. The van der Waals surface area contributed by atoms with Crippen LogP contribution in [0.1, 0.15) is 24.2 Å². The molecule has 0 heterocycles. The first-order valence-electron chi connectivity index (χ1n) is 6.84. The summed E-state index contributed by atoms with van der Waals surface area (Å²) in [7, 11) is 0. The fraction of sp³-hybridized carbons (Fsp3) is 0.176. The van der Waals surface area contributed by atoms with Gasteiger partial charge in [0.1, 0.15) is 0 Å². The largest absolute Gasteiger partial charge is 0.316 e. The highest BCUT2D eigenvalue weighted by Crippen LogP contribution is 2.16.